The molecule has 4 nitrogen and oxygen atoms in total. The minimum Gasteiger partial charge on any atom is -0.352 e. The third-order valence-corrected chi connectivity index (χ3v) is 5.15. The lowest BCUT2D eigenvalue weighted by atomic mass is 9.63. The number of nitrogens with one attached hydrogen (secondary N) is 1. The number of nitriles is 1. The number of carbonyl (C=O) groups is 1. The van der Waals surface area contributed by atoms with Gasteiger partial charge in [-0.2, -0.15) is 5.26 Å². The number of rotatable bonds is 2. The van der Waals surface area contributed by atoms with Crippen molar-refractivity contribution in [2.75, 3.05) is 11.5 Å². The summed E-state index contributed by atoms with van der Waals surface area (Å²) < 4.78 is 11.2. The van der Waals surface area contributed by atoms with Crippen LogP contribution in [0.3, 0.4) is 0 Å². The lowest BCUT2D eigenvalue weighted by Crippen LogP contribution is -2.52. The molecular formula is C12H18N2O2S. The molecule has 2 fully saturated rings. The maximum atomic E-state index is 12.1. The van der Waals surface area contributed by atoms with Gasteiger partial charge < -0.3 is 5.32 Å². The fraction of sp³-hybridized carbons (Fsp3) is 0.833. The Labute approximate surface area is 104 Å². The molecular weight excluding hydrogens is 236 g/mol. The monoisotopic (exact) mass is 254 g/mol. The van der Waals surface area contributed by atoms with Crippen LogP contribution in [0.25, 0.3) is 0 Å². The highest BCUT2D eigenvalue weighted by molar-refractivity contribution is 7.85. The first-order chi connectivity index (χ1) is 8.05. The van der Waals surface area contributed by atoms with Crippen molar-refractivity contribution in [3.05, 3.63) is 0 Å². The van der Waals surface area contributed by atoms with E-state index in [0.717, 1.165) is 12.8 Å². The summed E-state index contributed by atoms with van der Waals surface area (Å²) in [6.07, 6.45) is 2.90. The Morgan fingerprint density at radius 2 is 2.00 bits per heavy atom. The van der Waals surface area contributed by atoms with Crippen LogP contribution < -0.4 is 5.32 Å². The molecule has 0 atom stereocenters. The third-order valence-electron chi connectivity index (χ3n) is 3.77. The quantitative estimate of drug-likeness (QED) is 0.797. The Morgan fingerprint density at radius 3 is 2.47 bits per heavy atom. The number of carbonyl (C=O) groups excluding carboxylic acids is 1. The van der Waals surface area contributed by atoms with Gasteiger partial charge in [-0.1, -0.05) is 6.92 Å². The molecule has 94 valence electrons. The fourth-order valence-corrected chi connectivity index (χ4v) is 4.02. The van der Waals surface area contributed by atoms with E-state index in [1.807, 2.05) is 0 Å². The van der Waals surface area contributed by atoms with Crippen LogP contribution in [0.15, 0.2) is 0 Å². The molecule has 2 aliphatic rings. The average molecular weight is 254 g/mol. The predicted octanol–water partition coefficient (Wildman–Crippen LogP) is 0.954. The summed E-state index contributed by atoms with van der Waals surface area (Å²) in [5.74, 6) is 1.69. The van der Waals surface area contributed by atoms with Gasteiger partial charge >= 0.3 is 0 Å². The van der Waals surface area contributed by atoms with Crippen LogP contribution in [0.4, 0.5) is 0 Å². The van der Waals surface area contributed by atoms with Crippen LogP contribution in [0.2, 0.25) is 0 Å². The molecule has 0 aromatic heterocycles. The topological polar surface area (TPSA) is 70.0 Å². The van der Waals surface area contributed by atoms with Gasteiger partial charge in [-0.3, -0.25) is 9.00 Å². The van der Waals surface area contributed by atoms with Crippen molar-refractivity contribution in [3.63, 3.8) is 0 Å². The van der Waals surface area contributed by atoms with Gasteiger partial charge in [-0.15, -0.1) is 0 Å². The van der Waals surface area contributed by atoms with Crippen LogP contribution >= 0.6 is 0 Å². The van der Waals surface area contributed by atoms with Crippen LogP contribution in [0, 0.1) is 22.7 Å². The smallest absolute Gasteiger partial charge is 0.240 e. The average Bonchev–Trinajstić information content (AvgIpc) is 2.27. The Morgan fingerprint density at radius 1 is 1.41 bits per heavy atom. The zero-order chi connectivity index (χ0) is 12.5. The molecule has 1 saturated carbocycles. The third kappa shape index (κ3) is 2.52. The van der Waals surface area contributed by atoms with Gasteiger partial charge in [0.25, 0.3) is 0 Å². The number of nitrogens with zero attached hydrogens (tertiary/aromatic N) is 1. The van der Waals surface area contributed by atoms with Crippen molar-refractivity contribution >= 4 is 16.7 Å². The van der Waals surface area contributed by atoms with Crippen LogP contribution in [0.1, 0.15) is 32.6 Å². The van der Waals surface area contributed by atoms with Crippen molar-refractivity contribution in [1.29, 1.82) is 5.26 Å². The Hall–Kier alpha value is -0.890. The maximum absolute atomic E-state index is 12.1. The minimum absolute atomic E-state index is 0.112. The molecule has 17 heavy (non-hydrogen) atoms. The molecule has 0 bridgehead atoms. The Kier molecular flexibility index (Phi) is 3.53. The first-order valence-electron chi connectivity index (χ1n) is 6.13. The zero-order valence-corrected chi connectivity index (χ0v) is 10.9. The van der Waals surface area contributed by atoms with Crippen LogP contribution in [0.5, 0.6) is 0 Å². The molecule has 2 rings (SSSR count). The summed E-state index contributed by atoms with van der Waals surface area (Å²) in [4.78, 5) is 12.1. The summed E-state index contributed by atoms with van der Waals surface area (Å²) in [5, 5.41) is 12.1. The normalized spacial score (nSPS) is 41.1. The summed E-state index contributed by atoms with van der Waals surface area (Å²) in [6, 6.07) is 2.28. The molecule has 1 amide bonds. The van der Waals surface area contributed by atoms with Gasteiger partial charge in [0.15, 0.2) is 0 Å². The molecule has 5 heteroatoms. The van der Waals surface area contributed by atoms with Gasteiger partial charge in [0.05, 0.1) is 6.07 Å². The lowest BCUT2D eigenvalue weighted by molar-refractivity contribution is -0.134. The predicted molar refractivity (Wildman–Crippen MR) is 65.5 cm³/mol. The van der Waals surface area contributed by atoms with Crippen molar-refractivity contribution in [1.82, 2.24) is 5.32 Å². The molecule has 0 radical (unpaired) electrons. The van der Waals surface area contributed by atoms with E-state index in [2.05, 4.69) is 18.3 Å². The molecule has 0 unspecified atom stereocenters. The largest absolute Gasteiger partial charge is 0.352 e. The first-order valence-corrected chi connectivity index (χ1v) is 7.62. The highest BCUT2D eigenvalue weighted by Crippen LogP contribution is 2.45. The van der Waals surface area contributed by atoms with Crippen LogP contribution in [-0.2, 0) is 15.6 Å². The molecule has 1 saturated heterocycles. The second kappa shape index (κ2) is 4.77. The van der Waals surface area contributed by atoms with Gasteiger partial charge in [-0.25, -0.2) is 0 Å². The fourth-order valence-electron chi connectivity index (χ4n) is 2.72. The lowest BCUT2D eigenvalue weighted by Gasteiger charge is -2.40. The van der Waals surface area contributed by atoms with E-state index in [0.29, 0.717) is 30.3 Å². The van der Waals surface area contributed by atoms with E-state index in [9.17, 15) is 9.00 Å². The molecule has 1 aliphatic heterocycles. The molecule has 1 N–H and O–H groups in total. The van der Waals surface area contributed by atoms with Crippen LogP contribution in [-0.4, -0.2) is 27.7 Å². The summed E-state index contributed by atoms with van der Waals surface area (Å²) in [7, 11) is -0.709. The van der Waals surface area contributed by atoms with E-state index in [-0.39, 0.29) is 11.9 Å². The van der Waals surface area contributed by atoms with Crippen molar-refractivity contribution in [3.8, 4) is 6.07 Å². The van der Waals surface area contributed by atoms with E-state index >= 15 is 0 Å². The van der Waals surface area contributed by atoms with E-state index in [1.54, 1.807) is 0 Å². The number of hydrogen-bond donors (Lipinski definition) is 1. The number of amides is 1. The minimum atomic E-state index is -0.782. The van der Waals surface area contributed by atoms with Gasteiger partial charge in [0.2, 0.25) is 5.91 Å². The van der Waals surface area contributed by atoms with E-state index in [1.165, 1.54) is 0 Å². The van der Waals surface area contributed by atoms with Gasteiger partial charge in [0.1, 0.15) is 5.41 Å². The summed E-state index contributed by atoms with van der Waals surface area (Å²) in [6.45, 7) is 2.06. The first kappa shape index (κ1) is 12.6. The van der Waals surface area contributed by atoms with E-state index in [4.69, 9.17) is 5.26 Å². The number of hydrogen-bond acceptors (Lipinski definition) is 3. The van der Waals surface area contributed by atoms with Gasteiger partial charge in [-0.05, 0) is 31.6 Å². The van der Waals surface area contributed by atoms with Crippen molar-refractivity contribution in [2.45, 2.75) is 38.6 Å². The maximum Gasteiger partial charge on any atom is 0.240 e. The molecule has 0 aromatic carbocycles. The highest BCUT2D eigenvalue weighted by atomic mass is 32.2. The highest BCUT2D eigenvalue weighted by Gasteiger charge is 2.49. The SMILES string of the molecule is CC1CC(C#N)(C(=O)NC2CCS(=O)CC2)C1. The molecule has 1 heterocycles. The van der Waals surface area contributed by atoms with Gasteiger partial charge in [0, 0.05) is 28.3 Å². The summed E-state index contributed by atoms with van der Waals surface area (Å²) in [5.41, 5.74) is -0.782. The van der Waals surface area contributed by atoms with Crippen molar-refractivity contribution in [2.24, 2.45) is 11.3 Å². The molecule has 0 spiro atoms. The molecule has 0 aromatic rings. The Balaban J connectivity index is 1.89. The Bertz CT molecular complexity index is 372. The molecule has 1 aliphatic carbocycles. The van der Waals surface area contributed by atoms with Crippen molar-refractivity contribution < 1.29 is 9.00 Å². The zero-order valence-electron chi connectivity index (χ0n) is 10.1. The second-order valence-electron chi connectivity index (χ2n) is 5.30. The van der Waals surface area contributed by atoms with E-state index < -0.39 is 16.2 Å². The second-order valence-corrected chi connectivity index (χ2v) is 7.00. The summed E-state index contributed by atoms with van der Waals surface area (Å²) >= 11 is 0. The standard InChI is InChI=1S/C12H18N2O2S/c1-9-6-12(7-9,8-13)11(15)14-10-2-4-17(16)5-3-10/h9-10H,2-7H2,1H3,(H,14,15).